The second kappa shape index (κ2) is 4.29. The van der Waals surface area contributed by atoms with Gasteiger partial charge in [-0.15, -0.1) is 0 Å². The topological polar surface area (TPSA) is 137 Å². The Morgan fingerprint density at radius 3 is 2.21 bits per heavy atom. The number of aliphatic hydroxyl groups is 3. The third-order valence-corrected chi connectivity index (χ3v) is 2.75. The Bertz CT molecular complexity index is 238. The zero-order valence-electron chi connectivity index (χ0n) is 6.92. The van der Waals surface area contributed by atoms with Crippen molar-refractivity contribution in [3.8, 4) is 0 Å². The fourth-order valence-electron chi connectivity index (χ4n) is 1.09. The first-order chi connectivity index (χ1) is 6.35. The second-order valence-corrected chi connectivity index (χ2v) is 5.30. The van der Waals surface area contributed by atoms with Gasteiger partial charge in [0.25, 0.3) is 0 Å². The Morgan fingerprint density at radius 2 is 1.86 bits per heavy atom. The van der Waals surface area contributed by atoms with Crippen molar-refractivity contribution in [2.45, 2.75) is 24.6 Å². The maximum atomic E-state index is 10.4. The predicted molar refractivity (Wildman–Crippen MR) is 39.7 cm³/mol. The number of aliphatic hydroxyl groups excluding tert-OH is 3. The molecule has 1 rings (SSSR count). The molecule has 0 amide bonds. The van der Waals surface area contributed by atoms with Crippen LogP contribution in [0.25, 0.3) is 0 Å². The van der Waals surface area contributed by atoms with Crippen LogP contribution in [0.2, 0.25) is 0 Å². The van der Waals surface area contributed by atoms with E-state index in [0.29, 0.717) is 0 Å². The molecule has 0 spiro atoms. The van der Waals surface area contributed by atoms with Gasteiger partial charge in [0, 0.05) is 0 Å². The van der Waals surface area contributed by atoms with Crippen LogP contribution in [-0.2, 0) is 12.2 Å². The van der Waals surface area contributed by atoms with Crippen molar-refractivity contribution in [2.24, 2.45) is 0 Å². The van der Waals surface area contributed by atoms with Crippen LogP contribution >= 0.6 is 0 Å². The van der Waals surface area contributed by atoms with E-state index in [0.717, 1.165) is 0 Å². The molecule has 5 N–H and O–H groups in total. The van der Waals surface area contributed by atoms with Crippen LogP contribution in [0.15, 0.2) is 0 Å². The molecule has 1 saturated heterocycles. The summed E-state index contributed by atoms with van der Waals surface area (Å²) in [6.07, 6.45) is -5.72. The zero-order chi connectivity index (χ0) is 10.9. The predicted octanol–water partition coefficient (Wildman–Crippen LogP) is -3.71. The summed E-state index contributed by atoms with van der Waals surface area (Å²) in [7, 11) is 0. The number of ether oxygens (including phenoxy) is 1. The van der Waals surface area contributed by atoms with Gasteiger partial charge in [0.15, 0.2) is 0 Å². The van der Waals surface area contributed by atoms with Crippen LogP contribution < -0.4 is 0 Å². The second-order valence-electron chi connectivity index (χ2n) is 2.80. The summed E-state index contributed by atoms with van der Waals surface area (Å²) in [5, 5.41) is 27.0. The van der Waals surface area contributed by atoms with E-state index in [2.05, 4.69) is 8.46 Å². The van der Waals surface area contributed by atoms with Crippen LogP contribution in [0.1, 0.15) is 0 Å². The van der Waals surface area contributed by atoms with E-state index in [1.165, 1.54) is 0 Å². The number of hydrogen-bond acceptors (Lipinski definition) is 6. The molecule has 9 heteroatoms. The average molecular weight is 274 g/mol. The molecule has 1 aliphatic heterocycles. The molecule has 0 aromatic carbocycles. The maximum absolute atomic E-state index is 10.4. The third kappa shape index (κ3) is 2.78. The minimum absolute atomic E-state index is 0.577. The van der Waals surface area contributed by atoms with Gasteiger partial charge in [0.1, 0.15) is 0 Å². The molecule has 0 aromatic heterocycles. The van der Waals surface area contributed by atoms with Crippen molar-refractivity contribution < 1.29 is 35.7 Å². The summed E-state index contributed by atoms with van der Waals surface area (Å²) in [5.74, 6) is 0. The van der Waals surface area contributed by atoms with Crippen molar-refractivity contribution in [1.82, 2.24) is 0 Å². The molecule has 0 radical (unpaired) electrons. The van der Waals surface area contributed by atoms with Gasteiger partial charge in [0.2, 0.25) is 0 Å². The standard InChI is InChI=1S/C5H11AsO8/c7-1-2-3(8)4(9)5(13-2)14-6(10,11)12/h2-5,7-9H,1H2,(H2,10,11,12). The molecule has 4 atom stereocenters. The molecule has 1 heterocycles. The van der Waals surface area contributed by atoms with E-state index in [-0.39, 0.29) is 0 Å². The third-order valence-electron chi connectivity index (χ3n) is 1.74. The molecule has 4 unspecified atom stereocenters. The van der Waals surface area contributed by atoms with Crippen LogP contribution in [0.3, 0.4) is 0 Å². The van der Waals surface area contributed by atoms with Gasteiger partial charge < -0.3 is 0 Å². The quantitative estimate of drug-likeness (QED) is 0.331. The van der Waals surface area contributed by atoms with Crippen LogP contribution in [0, 0.1) is 0 Å². The van der Waals surface area contributed by atoms with Gasteiger partial charge in [-0.3, -0.25) is 0 Å². The van der Waals surface area contributed by atoms with Gasteiger partial charge in [-0.2, -0.15) is 0 Å². The number of rotatable bonds is 3. The first kappa shape index (κ1) is 12.1. The Morgan fingerprint density at radius 1 is 1.29 bits per heavy atom. The first-order valence-electron chi connectivity index (χ1n) is 3.71. The SMILES string of the molecule is O=[As](O)(O)OC1OC(CO)C(O)C1O. The van der Waals surface area contributed by atoms with Crippen molar-refractivity contribution in [1.29, 1.82) is 0 Å². The Labute approximate surface area is 82.0 Å². The Hall–Kier alpha value is 0.0784. The zero-order valence-corrected chi connectivity index (χ0v) is 8.80. The fourth-order valence-corrected chi connectivity index (χ4v) is 2.02. The normalized spacial score (nSPS) is 38.9. The van der Waals surface area contributed by atoms with Crippen LogP contribution in [-0.4, -0.2) is 69.2 Å². The first-order valence-corrected chi connectivity index (χ1v) is 6.92. The van der Waals surface area contributed by atoms with E-state index in [1.807, 2.05) is 0 Å². The Kier molecular flexibility index (Phi) is 3.73. The summed E-state index contributed by atoms with van der Waals surface area (Å²) in [4.78, 5) is 0. The van der Waals surface area contributed by atoms with Gasteiger partial charge in [-0.1, -0.05) is 0 Å². The van der Waals surface area contributed by atoms with Crippen molar-refractivity contribution in [3.05, 3.63) is 0 Å². The summed E-state index contributed by atoms with van der Waals surface area (Å²) in [6, 6.07) is 0. The van der Waals surface area contributed by atoms with Crippen molar-refractivity contribution in [2.75, 3.05) is 6.61 Å². The minimum atomic E-state index is -5.38. The van der Waals surface area contributed by atoms with Crippen molar-refractivity contribution >= 4 is 14.5 Å². The monoisotopic (exact) mass is 274 g/mol. The molecule has 8 nitrogen and oxygen atoms in total. The van der Waals surface area contributed by atoms with E-state index in [1.54, 1.807) is 0 Å². The van der Waals surface area contributed by atoms with E-state index in [4.69, 9.17) is 18.4 Å². The van der Waals surface area contributed by atoms with E-state index < -0.39 is 45.7 Å². The molecule has 1 fully saturated rings. The van der Waals surface area contributed by atoms with E-state index >= 15 is 0 Å². The molecule has 0 aromatic rings. The average Bonchev–Trinajstić information content (AvgIpc) is 2.30. The number of hydrogen-bond donors (Lipinski definition) is 5. The molecule has 0 aliphatic carbocycles. The van der Waals surface area contributed by atoms with Crippen LogP contribution in [0.4, 0.5) is 0 Å². The fraction of sp³-hybridized carbons (Fsp3) is 1.00. The molecule has 84 valence electrons. The van der Waals surface area contributed by atoms with Crippen LogP contribution in [0.5, 0.6) is 0 Å². The van der Waals surface area contributed by atoms with Crippen molar-refractivity contribution in [3.63, 3.8) is 0 Å². The molecular formula is C5H11AsO8. The molecular weight excluding hydrogens is 263 g/mol. The molecule has 1 aliphatic rings. The molecule has 0 bridgehead atoms. The van der Waals surface area contributed by atoms with Gasteiger partial charge in [-0.25, -0.2) is 0 Å². The van der Waals surface area contributed by atoms with E-state index in [9.17, 15) is 8.85 Å². The summed E-state index contributed by atoms with van der Waals surface area (Å²) < 4.78 is 36.1. The summed E-state index contributed by atoms with van der Waals surface area (Å²) >= 11 is -5.38. The summed E-state index contributed by atoms with van der Waals surface area (Å²) in [5.41, 5.74) is 0. The van der Waals surface area contributed by atoms with Gasteiger partial charge in [-0.05, 0) is 0 Å². The Balaban J connectivity index is 2.61. The summed E-state index contributed by atoms with van der Waals surface area (Å²) in [6.45, 7) is -0.577. The molecule has 14 heavy (non-hydrogen) atoms. The molecule has 0 saturated carbocycles. The van der Waals surface area contributed by atoms with Gasteiger partial charge in [0.05, 0.1) is 0 Å². The van der Waals surface area contributed by atoms with Gasteiger partial charge >= 0.3 is 81.4 Å².